The van der Waals surface area contributed by atoms with Crippen LogP contribution in [0.2, 0.25) is 0 Å². The molecule has 0 radical (unpaired) electrons. The SMILES string of the molecule is C[C@@H](CCCNC(=O)OCC1c2ccccc2-c2ccccc21)C(=O)CCC(N)=O. The van der Waals surface area contributed by atoms with Gasteiger partial charge >= 0.3 is 6.09 Å². The molecule has 2 aromatic carbocycles. The van der Waals surface area contributed by atoms with Gasteiger partial charge < -0.3 is 15.8 Å². The number of ketones is 1. The second kappa shape index (κ2) is 10.1. The molecule has 2 amide bonds. The minimum atomic E-state index is -0.465. The van der Waals surface area contributed by atoms with Crippen molar-refractivity contribution in [3.05, 3.63) is 59.7 Å². The average Bonchev–Trinajstić information content (AvgIpc) is 3.07. The molecule has 0 saturated heterocycles. The zero-order valence-electron chi connectivity index (χ0n) is 17.2. The van der Waals surface area contributed by atoms with Gasteiger partial charge in [0.05, 0.1) is 0 Å². The van der Waals surface area contributed by atoms with Gasteiger partial charge in [0.2, 0.25) is 5.91 Å². The Hall–Kier alpha value is -3.15. The lowest BCUT2D eigenvalue weighted by Gasteiger charge is -2.15. The van der Waals surface area contributed by atoms with Crippen molar-refractivity contribution in [3.63, 3.8) is 0 Å². The van der Waals surface area contributed by atoms with Crippen LogP contribution in [0, 0.1) is 5.92 Å². The van der Waals surface area contributed by atoms with Crippen molar-refractivity contribution < 1.29 is 19.1 Å². The number of fused-ring (bicyclic) bond motifs is 3. The fourth-order valence-electron chi connectivity index (χ4n) is 3.90. The maximum Gasteiger partial charge on any atom is 0.407 e. The molecule has 6 heteroatoms. The van der Waals surface area contributed by atoms with Gasteiger partial charge in [-0.15, -0.1) is 0 Å². The van der Waals surface area contributed by atoms with Crippen molar-refractivity contribution in [2.45, 2.75) is 38.5 Å². The highest BCUT2D eigenvalue weighted by atomic mass is 16.5. The predicted molar refractivity (Wildman–Crippen MR) is 115 cm³/mol. The molecule has 1 aliphatic rings. The molecule has 0 heterocycles. The average molecular weight is 408 g/mol. The van der Waals surface area contributed by atoms with Crippen LogP contribution in [0.4, 0.5) is 4.79 Å². The third-order valence-corrected chi connectivity index (χ3v) is 5.59. The van der Waals surface area contributed by atoms with Crippen LogP contribution in [-0.2, 0) is 14.3 Å². The van der Waals surface area contributed by atoms with Gasteiger partial charge in [-0.05, 0) is 35.1 Å². The molecule has 0 bridgehead atoms. The van der Waals surface area contributed by atoms with Gasteiger partial charge in [-0.1, -0.05) is 55.5 Å². The fraction of sp³-hybridized carbons (Fsp3) is 0.375. The number of primary amides is 1. The highest BCUT2D eigenvalue weighted by molar-refractivity contribution is 5.85. The number of benzene rings is 2. The molecule has 2 aromatic rings. The molecule has 0 spiro atoms. The Morgan fingerprint density at radius 3 is 2.20 bits per heavy atom. The van der Waals surface area contributed by atoms with E-state index in [2.05, 4.69) is 29.6 Å². The normalized spacial score (nSPS) is 13.2. The molecule has 3 N–H and O–H groups in total. The lowest BCUT2D eigenvalue weighted by atomic mass is 9.97. The molecule has 6 nitrogen and oxygen atoms in total. The van der Waals surface area contributed by atoms with Crippen LogP contribution in [0.1, 0.15) is 49.7 Å². The predicted octanol–water partition coefficient (Wildman–Crippen LogP) is 3.78. The number of hydrogen-bond donors (Lipinski definition) is 2. The highest BCUT2D eigenvalue weighted by Crippen LogP contribution is 2.44. The fourth-order valence-corrected chi connectivity index (χ4v) is 3.90. The lowest BCUT2D eigenvalue weighted by Crippen LogP contribution is -2.27. The second-order valence-electron chi connectivity index (χ2n) is 7.73. The van der Waals surface area contributed by atoms with Crippen molar-refractivity contribution in [1.29, 1.82) is 0 Å². The summed E-state index contributed by atoms with van der Waals surface area (Å²) >= 11 is 0. The minimum Gasteiger partial charge on any atom is -0.449 e. The van der Waals surface area contributed by atoms with Gasteiger partial charge in [-0.25, -0.2) is 4.79 Å². The number of nitrogens with one attached hydrogen (secondary N) is 1. The first kappa shape index (κ1) is 21.6. The monoisotopic (exact) mass is 408 g/mol. The summed E-state index contributed by atoms with van der Waals surface area (Å²) in [4.78, 5) is 34.8. The Bertz CT molecular complexity index is 879. The van der Waals surface area contributed by atoms with Crippen LogP contribution in [0.3, 0.4) is 0 Å². The number of carbonyl (C=O) groups excluding carboxylic acids is 3. The summed E-state index contributed by atoms with van der Waals surface area (Å²) in [6.07, 6.45) is 1.11. The van der Waals surface area contributed by atoms with E-state index in [-0.39, 0.29) is 37.1 Å². The second-order valence-corrected chi connectivity index (χ2v) is 7.73. The van der Waals surface area contributed by atoms with Crippen molar-refractivity contribution in [2.24, 2.45) is 11.7 Å². The van der Waals surface area contributed by atoms with E-state index in [0.29, 0.717) is 19.4 Å². The summed E-state index contributed by atoms with van der Waals surface area (Å²) in [6, 6.07) is 16.4. The van der Waals surface area contributed by atoms with E-state index in [1.807, 2.05) is 31.2 Å². The van der Waals surface area contributed by atoms with Gasteiger partial charge in [0.1, 0.15) is 12.4 Å². The van der Waals surface area contributed by atoms with Gasteiger partial charge in [0.25, 0.3) is 0 Å². The minimum absolute atomic E-state index is 0.0231. The van der Waals surface area contributed by atoms with E-state index in [1.54, 1.807) is 0 Å². The van der Waals surface area contributed by atoms with Crippen molar-refractivity contribution in [2.75, 3.05) is 13.2 Å². The topological polar surface area (TPSA) is 98.5 Å². The lowest BCUT2D eigenvalue weighted by molar-refractivity contribution is -0.126. The molecule has 30 heavy (non-hydrogen) atoms. The van der Waals surface area contributed by atoms with E-state index in [4.69, 9.17) is 10.5 Å². The van der Waals surface area contributed by atoms with E-state index >= 15 is 0 Å². The first-order chi connectivity index (χ1) is 14.5. The summed E-state index contributed by atoms with van der Waals surface area (Å²) in [5, 5.41) is 2.75. The first-order valence-electron chi connectivity index (χ1n) is 10.4. The maximum atomic E-state index is 12.1. The summed E-state index contributed by atoms with van der Waals surface area (Å²) in [5.41, 5.74) is 9.80. The van der Waals surface area contributed by atoms with Crippen LogP contribution < -0.4 is 11.1 Å². The molecule has 0 unspecified atom stereocenters. The number of carbonyl (C=O) groups is 3. The summed E-state index contributed by atoms with van der Waals surface area (Å²) in [5.74, 6) is -0.567. The number of rotatable bonds is 10. The number of alkyl carbamates (subject to hydrolysis) is 1. The standard InChI is InChI=1S/C24H28N2O4/c1-16(22(27)12-13-23(25)28)7-6-14-26-24(29)30-15-21-19-10-4-2-8-17(19)18-9-3-5-11-20(18)21/h2-5,8-11,16,21H,6-7,12-15H2,1H3,(H2,25,28)(H,26,29)/t16-/m0/s1. The summed E-state index contributed by atoms with van der Waals surface area (Å²) in [6.45, 7) is 2.54. The quantitative estimate of drug-likeness (QED) is 0.585. The molecule has 3 rings (SSSR count). The van der Waals surface area contributed by atoms with E-state index in [1.165, 1.54) is 22.3 Å². The Kier molecular flexibility index (Phi) is 7.22. The third-order valence-electron chi connectivity index (χ3n) is 5.59. The molecule has 0 fully saturated rings. The van der Waals surface area contributed by atoms with Crippen LogP contribution in [0.25, 0.3) is 11.1 Å². The van der Waals surface area contributed by atoms with Crippen LogP contribution in [0.5, 0.6) is 0 Å². The molecule has 158 valence electrons. The molecule has 1 atom stereocenters. The van der Waals surface area contributed by atoms with Crippen molar-refractivity contribution in [1.82, 2.24) is 5.32 Å². The van der Waals surface area contributed by atoms with Crippen LogP contribution in [0.15, 0.2) is 48.5 Å². The van der Waals surface area contributed by atoms with E-state index < -0.39 is 12.0 Å². The van der Waals surface area contributed by atoms with Gasteiger partial charge in [-0.2, -0.15) is 0 Å². The van der Waals surface area contributed by atoms with Gasteiger partial charge in [-0.3, -0.25) is 9.59 Å². The number of ether oxygens (including phenoxy) is 1. The Balaban J connectivity index is 1.42. The summed E-state index contributed by atoms with van der Waals surface area (Å²) < 4.78 is 5.49. The molecule has 0 aliphatic heterocycles. The molecular formula is C24H28N2O4. The first-order valence-corrected chi connectivity index (χ1v) is 10.4. The molecule has 0 aromatic heterocycles. The molecular weight excluding hydrogens is 380 g/mol. The van der Waals surface area contributed by atoms with Crippen LogP contribution in [-0.4, -0.2) is 30.9 Å². The number of Topliss-reactive ketones (excluding diaryl/α,β-unsaturated/α-hetero) is 1. The van der Waals surface area contributed by atoms with E-state index in [9.17, 15) is 14.4 Å². The number of hydrogen-bond acceptors (Lipinski definition) is 4. The maximum absolute atomic E-state index is 12.1. The van der Waals surface area contributed by atoms with Gasteiger partial charge in [0, 0.05) is 31.2 Å². The number of nitrogens with two attached hydrogens (primary N) is 1. The summed E-state index contributed by atoms with van der Waals surface area (Å²) in [7, 11) is 0. The molecule has 1 aliphatic carbocycles. The van der Waals surface area contributed by atoms with Crippen molar-refractivity contribution >= 4 is 17.8 Å². The van der Waals surface area contributed by atoms with Crippen molar-refractivity contribution in [3.8, 4) is 11.1 Å². The zero-order chi connectivity index (χ0) is 21.5. The highest BCUT2D eigenvalue weighted by Gasteiger charge is 2.28. The third kappa shape index (κ3) is 5.26. The number of amides is 2. The Labute approximate surface area is 176 Å². The zero-order valence-corrected chi connectivity index (χ0v) is 17.2. The van der Waals surface area contributed by atoms with E-state index in [0.717, 1.165) is 0 Å². The van der Waals surface area contributed by atoms with Crippen LogP contribution >= 0.6 is 0 Å². The Morgan fingerprint density at radius 1 is 1.00 bits per heavy atom. The van der Waals surface area contributed by atoms with Gasteiger partial charge in [0.15, 0.2) is 0 Å². The Morgan fingerprint density at radius 2 is 1.60 bits per heavy atom. The molecule has 0 saturated carbocycles. The smallest absolute Gasteiger partial charge is 0.407 e. The largest absolute Gasteiger partial charge is 0.449 e.